The van der Waals surface area contributed by atoms with Crippen LogP contribution in [0.5, 0.6) is 0 Å². The van der Waals surface area contributed by atoms with Crippen molar-refractivity contribution >= 4 is 35.0 Å². The third-order valence-corrected chi connectivity index (χ3v) is 4.52. The number of hydrogen-bond acceptors (Lipinski definition) is 5. The van der Waals surface area contributed by atoms with Gasteiger partial charge in [-0.2, -0.15) is 11.8 Å². The van der Waals surface area contributed by atoms with Crippen LogP contribution in [0.25, 0.3) is 0 Å². The Morgan fingerprint density at radius 2 is 2.26 bits per heavy atom. The Balaban J connectivity index is 2.25. The summed E-state index contributed by atoms with van der Waals surface area (Å²) >= 11 is 3.25. The summed E-state index contributed by atoms with van der Waals surface area (Å²) in [6.07, 6.45) is 0.349. The van der Waals surface area contributed by atoms with Gasteiger partial charge in [-0.25, -0.2) is 9.78 Å². The molecule has 1 unspecified atom stereocenters. The van der Waals surface area contributed by atoms with Gasteiger partial charge in [0.2, 0.25) is 5.91 Å². The van der Waals surface area contributed by atoms with Crippen LogP contribution in [0, 0.1) is 6.92 Å². The van der Waals surface area contributed by atoms with Gasteiger partial charge < -0.3 is 10.0 Å². The Labute approximate surface area is 121 Å². The lowest BCUT2D eigenvalue weighted by Crippen LogP contribution is -2.40. The lowest BCUT2D eigenvalue weighted by Gasteiger charge is -2.21. The predicted molar refractivity (Wildman–Crippen MR) is 77.5 cm³/mol. The molecule has 0 aliphatic heterocycles. The van der Waals surface area contributed by atoms with Crippen LogP contribution in [-0.4, -0.2) is 45.7 Å². The molecule has 1 aromatic heterocycles. The van der Waals surface area contributed by atoms with Crippen molar-refractivity contribution in [3.05, 3.63) is 16.1 Å². The smallest absolute Gasteiger partial charge is 0.326 e. The van der Waals surface area contributed by atoms with E-state index in [1.807, 2.05) is 12.3 Å². The minimum atomic E-state index is -0.985. The summed E-state index contributed by atoms with van der Waals surface area (Å²) in [5.41, 5.74) is 1.03. The number of carbonyl (C=O) groups is 2. The summed E-state index contributed by atoms with van der Waals surface area (Å²) in [6, 6.07) is -0.779. The number of carboxylic acids is 1. The van der Waals surface area contributed by atoms with Crippen LogP contribution < -0.4 is 0 Å². The molecule has 1 aromatic rings. The molecule has 0 aliphatic rings. The number of rotatable bonds is 7. The number of hydrogen-bond donors (Lipinski definition) is 1. The fourth-order valence-corrected chi connectivity index (χ4v) is 2.91. The highest BCUT2D eigenvalue weighted by molar-refractivity contribution is 7.98. The number of amides is 1. The molecule has 0 bridgehead atoms. The lowest BCUT2D eigenvalue weighted by molar-refractivity contribution is -0.148. The van der Waals surface area contributed by atoms with E-state index in [0.29, 0.717) is 12.2 Å². The van der Waals surface area contributed by atoms with Crippen LogP contribution in [-0.2, 0) is 15.3 Å². The van der Waals surface area contributed by atoms with E-state index in [1.165, 1.54) is 18.9 Å². The number of carboxylic acid groups (broad SMARTS) is 1. The first-order chi connectivity index (χ1) is 8.91. The van der Waals surface area contributed by atoms with Gasteiger partial charge in [0.25, 0.3) is 0 Å². The van der Waals surface area contributed by atoms with E-state index in [9.17, 15) is 9.59 Å². The van der Waals surface area contributed by atoms with E-state index in [2.05, 4.69) is 4.98 Å². The maximum atomic E-state index is 11.7. The third kappa shape index (κ3) is 5.20. The van der Waals surface area contributed by atoms with Crippen LogP contribution in [0.1, 0.15) is 24.0 Å². The van der Waals surface area contributed by atoms with E-state index in [0.717, 1.165) is 16.5 Å². The molecule has 19 heavy (non-hydrogen) atoms. The molecule has 1 atom stereocenters. The molecule has 0 aromatic carbocycles. The van der Waals surface area contributed by atoms with Crippen molar-refractivity contribution in [2.75, 3.05) is 12.8 Å². The Hall–Kier alpha value is -1.08. The average molecular weight is 302 g/mol. The van der Waals surface area contributed by atoms with Gasteiger partial charge in [-0.15, -0.1) is 11.3 Å². The quantitative estimate of drug-likeness (QED) is 0.780. The lowest BCUT2D eigenvalue weighted by atomic mass is 10.3. The van der Waals surface area contributed by atoms with Crippen LogP contribution in [0.15, 0.2) is 5.38 Å². The second-order valence-electron chi connectivity index (χ2n) is 4.18. The van der Waals surface area contributed by atoms with E-state index >= 15 is 0 Å². The summed E-state index contributed by atoms with van der Waals surface area (Å²) in [4.78, 5) is 28.1. The topological polar surface area (TPSA) is 70.5 Å². The summed E-state index contributed by atoms with van der Waals surface area (Å²) in [7, 11) is 1.52. The molecule has 1 N–H and O–H groups in total. The van der Waals surface area contributed by atoms with Gasteiger partial charge >= 0.3 is 5.97 Å². The van der Waals surface area contributed by atoms with Gasteiger partial charge in [-0.1, -0.05) is 0 Å². The molecule has 0 aliphatic carbocycles. The predicted octanol–water partition coefficient (Wildman–Crippen LogP) is 2.01. The maximum Gasteiger partial charge on any atom is 0.326 e. The van der Waals surface area contributed by atoms with Crippen molar-refractivity contribution < 1.29 is 14.7 Å². The average Bonchev–Trinajstić information content (AvgIpc) is 2.78. The van der Waals surface area contributed by atoms with Crippen molar-refractivity contribution in [1.82, 2.24) is 9.88 Å². The van der Waals surface area contributed by atoms with Crippen molar-refractivity contribution in [1.29, 1.82) is 0 Å². The van der Waals surface area contributed by atoms with E-state index in [-0.39, 0.29) is 5.91 Å². The summed E-state index contributed by atoms with van der Waals surface area (Å²) in [5, 5.41) is 11.9. The van der Waals surface area contributed by atoms with Gasteiger partial charge in [0.1, 0.15) is 6.04 Å². The number of thiazole rings is 1. The molecule has 106 valence electrons. The molecule has 0 saturated heterocycles. The van der Waals surface area contributed by atoms with Gasteiger partial charge in [-0.05, 0) is 13.8 Å². The summed E-state index contributed by atoms with van der Waals surface area (Å²) in [6.45, 7) is 3.47. The van der Waals surface area contributed by atoms with Crippen molar-refractivity contribution in [2.45, 2.75) is 32.1 Å². The highest BCUT2D eigenvalue weighted by atomic mass is 32.2. The normalized spacial score (nSPS) is 12.2. The van der Waals surface area contributed by atoms with E-state index in [4.69, 9.17) is 5.11 Å². The molecular weight excluding hydrogens is 284 g/mol. The van der Waals surface area contributed by atoms with Crippen LogP contribution in [0.2, 0.25) is 0 Å². The number of aryl methyl sites for hydroxylation is 1. The molecular formula is C12H18N2O3S2. The molecule has 0 fully saturated rings. The molecule has 0 radical (unpaired) electrons. The Kier molecular flexibility index (Phi) is 6.30. The molecule has 5 nitrogen and oxygen atoms in total. The van der Waals surface area contributed by atoms with Gasteiger partial charge in [0.05, 0.1) is 10.7 Å². The fourth-order valence-electron chi connectivity index (χ4n) is 1.37. The first kappa shape index (κ1) is 16.0. The van der Waals surface area contributed by atoms with Crippen LogP contribution in [0.4, 0.5) is 0 Å². The molecule has 1 heterocycles. The first-order valence-corrected chi connectivity index (χ1v) is 7.92. The zero-order valence-electron chi connectivity index (χ0n) is 11.3. The van der Waals surface area contributed by atoms with Crippen LogP contribution in [0.3, 0.4) is 0 Å². The summed E-state index contributed by atoms with van der Waals surface area (Å²) < 4.78 is 0. The molecule has 0 spiro atoms. The molecule has 1 amide bonds. The van der Waals surface area contributed by atoms with Gasteiger partial charge in [0.15, 0.2) is 0 Å². The van der Waals surface area contributed by atoms with Gasteiger partial charge in [0, 0.05) is 30.4 Å². The first-order valence-electron chi connectivity index (χ1n) is 5.89. The highest BCUT2D eigenvalue weighted by Crippen LogP contribution is 2.16. The minimum Gasteiger partial charge on any atom is -0.480 e. The number of aliphatic carboxylic acids is 1. The zero-order chi connectivity index (χ0) is 14.4. The number of nitrogens with zero attached hydrogens (tertiary/aromatic N) is 2. The highest BCUT2D eigenvalue weighted by Gasteiger charge is 2.20. The molecule has 0 saturated carbocycles. The largest absolute Gasteiger partial charge is 0.480 e. The SMILES string of the molecule is Cc1nc(CSCCC(=O)N(C)C(C)C(=O)O)cs1. The minimum absolute atomic E-state index is 0.142. The monoisotopic (exact) mass is 302 g/mol. The Morgan fingerprint density at radius 1 is 1.58 bits per heavy atom. The van der Waals surface area contributed by atoms with Crippen molar-refractivity contribution in [3.8, 4) is 0 Å². The maximum absolute atomic E-state index is 11.7. The standard InChI is InChI=1S/C12H18N2O3S2/c1-8(12(16)17)14(3)11(15)4-5-18-6-10-7-19-9(2)13-10/h7-8H,4-6H2,1-3H3,(H,16,17). The molecule has 1 rings (SSSR count). The summed E-state index contributed by atoms with van der Waals surface area (Å²) in [5.74, 6) is 0.334. The number of thioether (sulfide) groups is 1. The van der Waals surface area contributed by atoms with E-state index < -0.39 is 12.0 Å². The van der Waals surface area contributed by atoms with E-state index in [1.54, 1.807) is 23.1 Å². The molecule has 7 heteroatoms. The van der Waals surface area contributed by atoms with Crippen LogP contribution >= 0.6 is 23.1 Å². The zero-order valence-corrected chi connectivity index (χ0v) is 12.9. The Morgan fingerprint density at radius 3 is 2.79 bits per heavy atom. The fraction of sp³-hybridized carbons (Fsp3) is 0.583. The second kappa shape index (κ2) is 7.49. The number of carbonyl (C=O) groups excluding carboxylic acids is 1. The van der Waals surface area contributed by atoms with Crippen molar-refractivity contribution in [3.63, 3.8) is 0 Å². The van der Waals surface area contributed by atoms with Crippen molar-refractivity contribution in [2.24, 2.45) is 0 Å². The third-order valence-electron chi connectivity index (χ3n) is 2.71. The Bertz CT molecular complexity index is 448. The second-order valence-corrected chi connectivity index (χ2v) is 6.35. The number of likely N-dealkylation sites (N-methyl/N-ethyl adjacent to an activating group) is 1. The van der Waals surface area contributed by atoms with Gasteiger partial charge in [-0.3, -0.25) is 4.79 Å². The number of aromatic nitrogens is 1.